The summed E-state index contributed by atoms with van der Waals surface area (Å²) < 4.78 is 0. The molecule has 0 aliphatic carbocycles. The molecule has 1 aromatic heterocycles. The van der Waals surface area contributed by atoms with Crippen molar-refractivity contribution in [1.82, 2.24) is 15.2 Å². The minimum absolute atomic E-state index is 0.158. The van der Waals surface area contributed by atoms with Crippen LogP contribution < -0.4 is 10.9 Å². The van der Waals surface area contributed by atoms with Crippen molar-refractivity contribution in [3.8, 4) is 11.3 Å². The fraction of sp³-hybridized carbons (Fsp3) is 0.400. The van der Waals surface area contributed by atoms with E-state index in [1.54, 1.807) is 6.07 Å². The number of pyridine rings is 1. The van der Waals surface area contributed by atoms with Gasteiger partial charge in [-0.3, -0.25) is 9.59 Å². The normalized spacial score (nSPS) is 15.1. The van der Waals surface area contributed by atoms with Gasteiger partial charge in [-0.1, -0.05) is 37.3 Å². The molecule has 0 radical (unpaired) electrons. The molecule has 5 nitrogen and oxygen atoms in total. The quantitative estimate of drug-likeness (QED) is 0.880. The SMILES string of the molecule is CCCN(C(=O)c1ccc(-c2ccccc2)[nH]c1=O)C1CCNCC1. The first kappa shape index (κ1) is 17.4. The van der Waals surface area contributed by atoms with Crippen molar-refractivity contribution in [2.45, 2.75) is 32.2 Å². The highest BCUT2D eigenvalue weighted by molar-refractivity contribution is 5.94. The van der Waals surface area contributed by atoms with Crippen molar-refractivity contribution in [3.05, 3.63) is 58.4 Å². The number of carbonyl (C=O) groups excluding carboxylic acids is 1. The summed E-state index contributed by atoms with van der Waals surface area (Å²) in [7, 11) is 0. The molecule has 5 heteroatoms. The fourth-order valence-corrected chi connectivity index (χ4v) is 3.39. The maximum Gasteiger partial charge on any atom is 0.261 e. The van der Waals surface area contributed by atoms with Crippen molar-refractivity contribution in [1.29, 1.82) is 0 Å². The lowest BCUT2D eigenvalue weighted by atomic mass is 10.0. The van der Waals surface area contributed by atoms with Gasteiger partial charge in [-0.25, -0.2) is 0 Å². The Hall–Kier alpha value is -2.40. The molecule has 1 fully saturated rings. The van der Waals surface area contributed by atoms with Gasteiger partial charge < -0.3 is 15.2 Å². The van der Waals surface area contributed by atoms with E-state index in [1.165, 1.54) is 0 Å². The topological polar surface area (TPSA) is 65.2 Å². The van der Waals surface area contributed by atoms with Crippen LogP contribution in [-0.4, -0.2) is 41.5 Å². The van der Waals surface area contributed by atoms with Gasteiger partial charge in [0.1, 0.15) is 5.56 Å². The fourth-order valence-electron chi connectivity index (χ4n) is 3.39. The summed E-state index contributed by atoms with van der Waals surface area (Å²) in [5.41, 5.74) is 1.57. The summed E-state index contributed by atoms with van der Waals surface area (Å²) in [5, 5.41) is 3.32. The molecule has 0 unspecified atom stereocenters. The minimum atomic E-state index is -0.318. The number of nitrogens with one attached hydrogen (secondary N) is 2. The molecular formula is C20H25N3O2. The standard InChI is InChI=1S/C20H25N3O2/c1-2-14-23(16-10-12-21-13-11-16)20(25)17-8-9-18(22-19(17)24)15-6-4-3-5-7-15/h3-9,16,21H,2,10-14H2,1H3,(H,22,24). The highest BCUT2D eigenvalue weighted by atomic mass is 16.2. The van der Waals surface area contributed by atoms with Gasteiger partial charge in [0.05, 0.1) is 0 Å². The molecule has 2 aromatic rings. The van der Waals surface area contributed by atoms with Crippen LogP contribution in [0.25, 0.3) is 11.3 Å². The number of benzene rings is 1. The summed E-state index contributed by atoms with van der Waals surface area (Å²) in [6.07, 6.45) is 2.76. The first-order valence-corrected chi connectivity index (χ1v) is 9.01. The maximum absolute atomic E-state index is 13.0. The van der Waals surface area contributed by atoms with E-state index in [-0.39, 0.29) is 23.1 Å². The molecule has 1 aromatic carbocycles. The van der Waals surface area contributed by atoms with E-state index in [0.717, 1.165) is 43.6 Å². The molecule has 1 aliphatic rings. The molecule has 25 heavy (non-hydrogen) atoms. The lowest BCUT2D eigenvalue weighted by Crippen LogP contribution is -2.47. The van der Waals surface area contributed by atoms with E-state index in [0.29, 0.717) is 6.54 Å². The van der Waals surface area contributed by atoms with Crippen molar-refractivity contribution >= 4 is 5.91 Å². The first-order chi connectivity index (χ1) is 12.2. The van der Waals surface area contributed by atoms with Crippen LogP contribution >= 0.6 is 0 Å². The Morgan fingerprint density at radius 2 is 1.84 bits per heavy atom. The average molecular weight is 339 g/mol. The second-order valence-corrected chi connectivity index (χ2v) is 6.46. The van der Waals surface area contributed by atoms with Crippen LogP contribution in [0.2, 0.25) is 0 Å². The number of aromatic amines is 1. The highest BCUT2D eigenvalue weighted by Crippen LogP contribution is 2.18. The molecule has 0 atom stereocenters. The third kappa shape index (κ3) is 3.99. The lowest BCUT2D eigenvalue weighted by molar-refractivity contribution is 0.0641. The van der Waals surface area contributed by atoms with Gasteiger partial charge in [0.15, 0.2) is 0 Å². The van der Waals surface area contributed by atoms with Gasteiger partial charge in [-0.05, 0) is 50.0 Å². The molecule has 0 saturated carbocycles. The first-order valence-electron chi connectivity index (χ1n) is 9.01. The Labute approximate surface area is 148 Å². The number of amides is 1. The molecule has 0 bridgehead atoms. The number of H-pyrrole nitrogens is 1. The molecule has 132 valence electrons. The third-order valence-electron chi connectivity index (χ3n) is 4.70. The van der Waals surface area contributed by atoms with E-state index < -0.39 is 0 Å². The highest BCUT2D eigenvalue weighted by Gasteiger charge is 2.27. The molecule has 2 heterocycles. The van der Waals surface area contributed by atoms with Crippen molar-refractivity contribution in [2.24, 2.45) is 0 Å². The lowest BCUT2D eigenvalue weighted by Gasteiger charge is -2.34. The van der Waals surface area contributed by atoms with E-state index in [4.69, 9.17) is 0 Å². The van der Waals surface area contributed by atoms with E-state index in [2.05, 4.69) is 17.2 Å². The zero-order chi connectivity index (χ0) is 17.6. The summed E-state index contributed by atoms with van der Waals surface area (Å²) in [6.45, 7) is 4.58. The van der Waals surface area contributed by atoms with Crippen LogP contribution in [0, 0.1) is 0 Å². The van der Waals surface area contributed by atoms with Crippen molar-refractivity contribution in [3.63, 3.8) is 0 Å². The van der Waals surface area contributed by atoms with Crippen LogP contribution in [0.4, 0.5) is 0 Å². The third-order valence-corrected chi connectivity index (χ3v) is 4.70. The van der Waals surface area contributed by atoms with Gasteiger partial charge in [0.2, 0.25) is 0 Å². The smallest absolute Gasteiger partial charge is 0.261 e. The van der Waals surface area contributed by atoms with Gasteiger partial charge in [0.25, 0.3) is 11.5 Å². The number of aromatic nitrogens is 1. The Balaban J connectivity index is 1.86. The number of hydrogen-bond acceptors (Lipinski definition) is 3. The van der Waals surface area contributed by atoms with Crippen LogP contribution in [0.3, 0.4) is 0 Å². The second-order valence-electron chi connectivity index (χ2n) is 6.46. The number of hydrogen-bond donors (Lipinski definition) is 2. The number of rotatable bonds is 5. The monoisotopic (exact) mass is 339 g/mol. The number of piperidine rings is 1. The molecular weight excluding hydrogens is 314 g/mol. The minimum Gasteiger partial charge on any atom is -0.335 e. The second kappa shape index (κ2) is 8.12. The van der Waals surface area contributed by atoms with Crippen LogP contribution in [0.5, 0.6) is 0 Å². The van der Waals surface area contributed by atoms with Gasteiger partial charge in [-0.2, -0.15) is 0 Å². The van der Waals surface area contributed by atoms with Crippen molar-refractivity contribution < 1.29 is 4.79 Å². The Morgan fingerprint density at radius 3 is 2.48 bits per heavy atom. The zero-order valence-corrected chi connectivity index (χ0v) is 14.6. The summed E-state index contributed by atoms with van der Waals surface area (Å²) >= 11 is 0. The Kier molecular flexibility index (Phi) is 5.66. The van der Waals surface area contributed by atoms with Crippen LogP contribution in [0.1, 0.15) is 36.5 Å². The Morgan fingerprint density at radius 1 is 1.12 bits per heavy atom. The van der Waals surface area contributed by atoms with Crippen LogP contribution in [-0.2, 0) is 0 Å². The number of carbonyl (C=O) groups is 1. The van der Waals surface area contributed by atoms with Crippen LogP contribution in [0.15, 0.2) is 47.3 Å². The van der Waals surface area contributed by atoms with E-state index in [1.807, 2.05) is 41.3 Å². The van der Waals surface area contributed by atoms with Crippen molar-refractivity contribution in [2.75, 3.05) is 19.6 Å². The van der Waals surface area contributed by atoms with E-state index in [9.17, 15) is 9.59 Å². The predicted octanol–water partition coefficient (Wildman–Crippen LogP) is 2.65. The van der Waals surface area contributed by atoms with Gasteiger partial charge in [0, 0.05) is 18.3 Å². The Bertz CT molecular complexity index is 764. The van der Waals surface area contributed by atoms with E-state index >= 15 is 0 Å². The summed E-state index contributed by atoms with van der Waals surface area (Å²) in [4.78, 5) is 30.3. The molecule has 3 rings (SSSR count). The zero-order valence-electron chi connectivity index (χ0n) is 14.6. The van der Waals surface area contributed by atoms with Gasteiger partial charge in [-0.15, -0.1) is 0 Å². The molecule has 0 spiro atoms. The predicted molar refractivity (Wildman–Crippen MR) is 99.7 cm³/mol. The maximum atomic E-state index is 13.0. The molecule has 1 amide bonds. The molecule has 1 aliphatic heterocycles. The summed E-state index contributed by atoms with van der Waals surface area (Å²) in [6, 6.07) is 13.3. The molecule has 2 N–H and O–H groups in total. The average Bonchev–Trinajstić information content (AvgIpc) is 2.67. The summed E-state index contributed by atoms with van der Waals surface area (Å²) in [5.74, 6) is -0.158. The molecule has 1 saturated heterocycles. The largest absolute Gasteiger partial charge is 0.335 e. The number of nitrogens with zero attached hydrogens (tertiary/aromatic N) is 1. The van der Waals surface area contributed by atoms with Gasteiger partial charge >= 0.3 is 0 Å².